The van der Waals surface area contributed by atoms with Gasteiger partial charge in [-0.15, -0.1) is 0 Å². The number of Topliss-reactive ketones (excluding diaryl/α,β-unsaturated/α-hetero) is 1. The van der Waals surface area contributed by atoms with E-state index in [9.17, 15) is 9.18 Å². The number of ketones is 1. The molecule has 1 aromatic heterocycles. The van der Waals surface area contributed by atoms with Gasteiger partial charge in [0.05, 0.1) is 0 Å². The summed E-state index contributed by atoms with van der Waals surface area (Å²) in [6, 6.07) is 12.3. The number of rotatable bonds is 3. The van der Waals surface area contributed by atoms with Crippen molar-refractivity contribution in [3.63, 3.8) is 0 Å². The molecule has 0 aliphatic heterocycles. The van der Waals surface area contributed by atoms with E-state index in [1.807, 2.05) is 31.2 Å². The van der Waals surface area contributed by atoms with Crippen molar-refractivity contribution in [3.05, 3.63) is 71.2 Å². The van der Waals surface area contributed by atoms with Gasteiger partial charge in [0.2, 0.25) is 0 Å². The number of nitrogens with one attached hydrogen (secondary N) is 1. The second kappa shape index (κ2) is 4.93. The maximum Gasteiger partial charge on any atom is 0.169 e. The lowest BCUT2D eigenvalue weighted by molar-refractivity contribution is 0.0994. The Hall–Kier alpha value is -2.42. The van der Waals surface area contributed by atoms with Crippen molar-refractivity contribution in [1.29, 1.82) is 0 Å². The average molecular weight is 267 g/mol. The fourth-order valence-electron chi connectivity index (χ4n) is 2.43. The minimum atomic E-state index is -0.308. The number of halogens is 1. The van der Waals surface area contributed by atoms with E-state index < -0.39 is 0 Å². The predicted octanol–water partition coefficient (Wildman–Crippen LogP) is 4.04. The number of benzene rings is 2. The number of aromatic nitrogens is 1. The van der Waals surface area contributed by atoms with Gasteiger partial charge in [0, 0.05) is 29.1 Å². The van der Waals surface area contributed by atoms with Gasteiger partial charge in [-0.05, 0) is 30.7 Å². The molecule has 3 heteroatoms. The summed E-state index contributed by atoms with van der Waals surface area (Å²) in [5, 5.41) is 0.768. The normalized spacial score (nSPS) is 10.9. The van der Waals surface area contributed by atoms with Gasteiger partial charge in [-0.2, -0.15) is 0 Å². The second-order valence-electron chi connectivity index (χ2n) is 4.98. The van der Waals surface area contributed by atoms with Crippen LogP contribution < -0.4 is 0 Å². The zero-order valence-electron chi connectivity index (χ0n) is 11.1. The topological polar surface area (TPSA) is 32.9 Å². The lowest BCUT2D eigenvalue weighted by Crippen LogP contribution is -2.02. The minimum absolute atomic E-state index is 0.0356. The van der Waals surface area contributed by atoms with Crippen molar-refractivity contribution in [1.82, 2.24) is 4.98 Å². The van der Waals surface area contributed by atoms with Gasteiger partial charge in [-0.1, -0.05) is 29.8 Å². The molecule has 0 unspecified atom stereocenters. The van der Waals surface area contributed by atoms with Crippen molar-refractivity contribution in [2.24, 2.45) is 0 Å². The number of hydrogen-bond donors (Lipinski definition) is 1. The van der Waals surface area contributed by atoms with Gasteiger partial charge in [0.25, 0.3) is 0 Å². The van der Waals surface area contributed by atoms with Gasteiger partial charge < -0.3 is 4.98 Å². The summed E-state index contributed by atoms with van der Waals surface area (Å²) in [5.41, 5.74) is 3.39. The number of aromatic amines is 1. The summed E-state index contributed by atoms with van der Waals surface area (Å²) in [4.78, 5) is 15.3. The molecule has 0 aliphatic carbocycles. The Bertz CT molecular complexity index is 789. The highest BCUT2D eigenvalue weighted by Crippen LogP contribution is 2.21. The first-order valence-electron chi connectivity index (χ1n) is 6.49. The van der Waals surface area contributed by atoms with Crippen molar-refractivity contribution < 1.29 is 9.18 Å². The van der Waals surface area contributed by atoms with Crippen molar-refractivity contribution in [2.45, 2.75) is 13.3 Å². The standard InChI is InChI=1S/C17H14FNO/c1-11-3-2-4-12(7-11)8-17(20)15-10-19-16-9-13(18)5-6-14(15)16/h2-7,9-10,19H,8H2,1H3. The van der Waals surface area contributed by atoms with Crippen LogP contribution >= 0.6 is 0 Å². The maximum absolute atomic E-state index is 13.1. The van der Waals surface area contributed by atoms with Crippen LogP contribution in [0.3, 0.4) is 0 Å². The van der Waals surface area contributed by atoms with E-state index in [0.717, 1.165) is 16.5 Å². The van der Waals surface area contributed by atoms with Crippen LogP contribution in [0.2, 0.25) is 0 Å². The molecule has 0 atom stereocenters. The predicted molar refractivity (Wildman–Crippen MR) is 77.5 cm³/mol. The number of carbonyl (C=O) groups is 1. The van der Waals surface area contributed by atoms with E-state index in [-0.39, 0.29) is 11.6 Å². The Balaban J connectivity index is 1.93. The minimum Gasteiger partial charge on any atom is -0.360 e. The van der Waals surface area contributed by atoms with Crippen LogP contribution in [-0.2, 0) is 6.42 Å². The molecule has 1 heterocycles. The van der Waals surface area contributed by atoms with Crippen molar-refractivity contribution in [3.8, 4) is 0 Å². The summed E-state index contributed by atoms with van der Waals surface area (Å²) < 4.78 is 13.1. The summed E-state index contributed by atoms with van der Waals surface area (Å²) in [6.45, 7) is 2.00. The van der Waals surface area contributed by atoms with E-state index in [1.54, 1.807) is 12.3 Å². The zero-order valence-corrected chi connectivity index (χ0v) is 11.1. The molecule has 0 fully saturated rings. The first kappa shape index (κ1) is 12.6. The van der Waals surface area contributed by atoms with E-state index in [1.165, 1.54) is 12.1 Å². The first-order chi connectivity index (χ1) is 9.63. The molecular formula is C17H14FNO. The first-order valence-corrected chi connectivity index (χ1v) is 6.49. The third-order valence-electron chi connectivity index (χ3n) is 3.39. The van der Waals surface area contributed by atoms with Crippen molar-refractivity contribution in [2.75, 3.05) is 0 Å². The van der Waals surface area contributed by atoms with Crippen LogP contribution in [0.15, 0.2) is 48.7 Å². The lowest BCUT2D eigenvalue weighted by Gasteiger charge is -2.02. The highest BCUT2D eigenvalue weighted by Gasteiger charge is 2.13. The molecule has 0 saturated heterocycles. The molecule has 0 spiro atoms. The van der Waals surface area contributed by atoms with Crippen LogP contribution in [-0.4, -0.2) is 10.8 Å². The van der Waals surface area contributed by atoms with E-state index in [0.29, 0.717) is 17.5 Å². The number of aryl methyl sites for hydroxylation is 1. The number of H-pyrrole nitrogens is 1. The highest BCUT2D eigenvalue weighted by atomic mass is 19.1. The van der Waals surface area contributed by atoms with Crippen LogP contribution in [0, 0.1) is 12.7 Å². The number of carbonyl (C=O) groups excluding carboxylic acids is 1. The monoisotopic (exact) mass is 267 g/mol. The zero-order chi connectivity index (χ0) is 14.1. The third kappa shape index (κ3) is 2.35. The van der Waals surface area contributed by atoms with Gasteiger partial charge in [-0.3, -0.25) is 4.79 Å². The van der Waals surface area contributed by atoms with Gasteiger partial charge in [0.15, 0.2) is 5.78 Å². The molecular weight excluding hydrogens is 253 g/mol. The Kier molecular flexibility index (Phi) is 3.11. The molecule has 1 N–H and O–H groups in total. The molecule has 2 aromatic carbocycles. The summed E-state index contributed by atoms with van der Waals surface area (Å²) in [7, 11) is 0. The molecule has 3 rings (SSSR count). The van der Waals surface area contributed by atoms with E-state index >= 15 is 0 Å². The maximum atomic E-state index is 13.1. The van der Waals surface area contributed by atoms with Gasteiger partial charge in [-0.25, -0.2) is 4.39 Å². The largest absolute Gasteiger partial charge is 0.360 e. The molecule has 2 nitrogen and oxygen atoms in total. The molecule has 3 aromatic rings. The fourth-order valence-corrected chi connectivity index (χ4v) is 2.43. The van der Waals surface area contributed by atoms with Crippen molar-refractivity contribution >= 4 is 16.7 Å². The number of hydrogen-bond acceptors (Lipinski definition) is 1. The molecule has 0 bridgehead atoms. The second-order valence-corrected chi connectivity index (χ2v) is 4.98. The number of fused-ring (bicyclic) bond motifs is 1. The summed E-state index contributed by atoms with van der Waals surface area (Å²) >= 11 is 0. The summed E-state index contributed by atoms with van der Waals surface area (Å²) in [6.07, 6.45) is 2.01. The van der Waals surface area contributed by atoms with Crippen LogP contribution in [0.5, 0.6) is 0 Å². The Labute approximate surface area is 116 Å². The van der Waals surface area contributed by atoms with Crippen LogP contribution in [0.25, 0.3) is 10.9 Å². The van der Waals surface area contributed by atoms with Gasteiger partial charge in [0.1, 0.15) is 5.82 Å². The van der Waals surface area contributed by atoms with Crippen LogP contribution in [0.4, 0.5) is 4.39 Å². The quantitative estimate of drug-likeness (QED) is 0.714. The fraction of sp³-hybridized carbons (Fsp3) is 0.118. The summed E-state index contributed by atoms with van der Waals surface area (Å²) in [5.74, 6) is -0.273. The molecule has 0 aliphatic rings. The average Bonchev–Trinajstić information content (AvgIpc) is 2.81. The molecule has 0 amide bonds. The molecule has 100 valence electrons. The smallest absolute Gasteiger partial charge is 0.169 e. The Morgan fingerprint density at radius 2 is 2.05 bits per heavy atom. The highest BCUT2D eigenvalue weighted by molar-refractivity contribution is 6.08. The SMILES string of the molecule is Cc1cccc(CC(=O)c2c[nH]c3cc(F)ccc23)c1. The van der Waals surface area contributed by atoms with Crippen LogP contribution in [0.1, 0.15) is 21.5 Å². The van der Waals surface area contributed by atoms with E-state index in [2.05, 4.69) is 4.98 Å². The lowest BCUT2D eigenvalue weighted by atomic mass is 10.0. The van der Waals surface area contributed by atoms with Gasteiger partial charge >= 0.3 is 0 Å². The Morgan fingerprint density at radius 3 is 2.85 bits per heavy atom. The Morgan fingerprint density at radius 1 is 1.20 bits per heavy atom. The van der Waals surface area contributed by atoms with E-state index in [4.69, 9.17) is 0 Å². The molecule has 0 saturated carbocycles. The third-order valence-corrected chi connectivity index (χ3v) is 3.39. The molecule has 20 heavy (non-hydrogen) atoms. The molecule has 0 radical (unpaired) electrons.